The number of ether oxygens (including phenoxy) is 1. The number of hydrogen-bond acceptors (Lipinski definition) is 4. The number of Topliss-reactive ketones (excluding diaryl/α,β-unsaturated/α-hetero) is 1. The number of nitrogens with zero attached hydrogens (tertiary/aromatic N) is 1. The van der Waals surface area contributed by atoms with Crippen LogP contribution in [0.25, 0.3) is 0 Å². The van der Waals surface area contributed by atoms with Crippen molar-refractivity contribution in [1.82, 2.24) is 4.90 Å². The second-order valence-electron chi connectivity index (χ2n) is 4.72. The average Bonchev–Trinajstić information content (AvgIpc) is 2.28. The molecule has 0 aromatic carbocycles. The predicted molar refractivity (Wildman–Crippen MR) is 65.7 cm³/mol. The molecular weight excluding hydrogens is 218 g/mol. The summed E-state index contributed by atoms with van der Waals surface area (Å²) in [5.74, 6) is 0.0147. The molecular formula is C13H23NO3. The minimum absolute atomic E-state index is 0.178. The second-order valence-corrected chi connectivity index (χ2v) is 4.72. The summed E-state index contributed by atoms with van der Waals surface area (Å²) in [5, 5.41) is 0. The first-order valence-corrected chi connectivity index (χ1v) is 6.48. The monoisotopic (exact) mass is 241 g/mol. The van der Waals surface area contributed by atoms with Gasteiger partial charge in [-0.3, -0.25) is 14.5 Å². The smallest absolute Gasteiger partial charge is 0.323 e. The molecule has 1 heterocycles. The average molecular weight is 241 g/mol. The van der Waals surface area contributed by atoms with Crippen LogP contribution in [0.15, 0.2) is 0 Å². The van der Waals surface area contributed by atoms with Gasteiger partial charge in [0.05, 0.1) is 6.61 Å². The molecule has 0 spiro atoms. The molecule has 0 N–H and O–H groups in total. The molecule has 1 aliphatic heterocycles. The number of carbonyl (C=O) groups is 2. The lowest BCUT2D eigenvalue weighted by Gasteiger charge is -2.38. The summed E-state index contributed by atoms with van der Waals surface area (Å²) in [4.78, 5) is 25.1. The number of carbonyl (C=O) groups excluding carboxylic acids is 2. The summed E-state index contributed by atoms with van der Waals surface area (Å²) in [7, 11) is 0. The van der Waals surface area contributed by atoms with Crippen LogP contribution in [-0.4, -0.2) is 41.9 Å². The summed E-state index contributed by atoms with van der Waals surface area (Å²) in [6.07, 6.45) is 3.79. The molecule has 0 radical (unpaired) electrons. The molecule has 1 aliphatic rings. The quantitative estimate of drug-likeness (QED) is 0.688. The fourth-order valence-electron chi connectivity index (χ4n) is 2.48. The number of hydrogen-bond donors (Lipinski definition) is 0. The third kappa shape index (κ3) is 4.11. The van der Waals surface area contributed by atoms with Gasteiger partial charge in [0.25, 0.3) is 0 Å². The maximum atomic E-state index is 11.7. The molecule has 0 aromatic heterocycles. The van der Waals surface area contributed by atoms with Crippen LogP contribution in [0.1, 0.15) is 46.5 Å². The molecule has 0 aliphatic carbocycles. The van der Waals surface area contributed by atoms with E-state index in [0.717, 1.165) is 25.8 Å². The van der Waals surface area contributed by atoms with E-state index >= 15 is 0 Å². The van der Waals surface area contributed by atoms with Gasteiger partial charge in [-0.25, -0.2) is 0 Å². The first-order chi connectivity index (χ1) is 8.06. The van der Waals surface area contributed by atoms with E-state index in [4.69, 9.17) is 4.74 Å². The summed E-state index contributed by atoms with van der Waals surface area (Å²) in [5.41, 5.74) is 0. The van der Waals surface area contributed by atoms with Crippen molar-refractivity contribution in [2.45, 2.75) is 58.5 Å². The van der Waals surface area contributed by atoms with Crippen LogP contribution in [0.5, 0.6) is 0 Å². The highest BCUT2D eigenvalue weighted by Gasteiger charge is 2.31. The Labute approximate surface area is 103 Å². The van der Waals surface area contributed by atoms with E-state index < -0.39 is 0 Å². The Morgan fingerprint density at radius 2 is 2.12 bits per heavy atom. The lowest BCUT2D eigenvalue weighted by atomic mass is 9.96. The van der Waals surface area contributed by atoms with Crippen LogP contribution in [0.3, 0.4) is 0 Å². The topological polar surface area (TPSA) is 46.6 Å². The number of ketones is 1. The highest BCUT2D eigenvalue weighted by molar-refractivity contribution is 5.77. The standard InChI is InChI=1S/C13H23NO3/c1-4-17-13(16)11(3)14-8-6-5-7-12(14)9-10(2)15/h11-12H,4-9H2,1-3H3. The highest BCUT2D eigenvalue weighted by Crippen LogP contribution is 2.22. The zero-order valence-corrected chi connectivity index (χ0v) is 11.1. The minimum atomic E-state index is -0.236. The summed E-state index contributed by atoms with van der Waals surface area (Å²) in [6.45, 7) is 6.60. The predicted octanol–water partition coefficient (Wildman–Crippen LogP) is 1.77. The van der Waals surface area contributed by atoms with E-state index in [1.165, 1.54) is 0 Å². The summed E-state index contributed by atoms with van der Waals surface area (Å²) < 4.78 is 5.04. The van der Waals surface area contributed by atoms with E-state index in [1.807, 2.05) is 13.8 Å². The van der Waals surface area contributed by atoms with Gasteiger partial charge in [-0.1, -0.05) is 6.42 Å². The molecule has 2 unspecified atom stereocenters. The van der Waals surface area contributed by atoms with Gasteiger partial charge in [0.2, 0.25) is 0 Å². The lowest BCUT2D eigenvalue weighted by Crippen LogP contribution is -2.49. The Morgan fingerprint density at radius 1 is 1.41 bits per heavy atom. The zero-order valence-electron chi connectivity index (χ0n) is 11.1. The van der Waals surface area contributed by atoms with Crippen LogP contribution in [0.4, 0.5) is 0 Å². The molecule has 1 saturated heterocycles. The molecule has 98 valence electrons. The fourth-order valence-corrected chi connectivity index (χ4v) is 2.48. The van der Waals surface area contributed by atoms with Crippen LogP contribution in [-0.2, 0) is 14.3 Å². The van der Waals surface area contributed by atoms with E-state index in [1.54, 1.807) is 6.92 Å². The fraction of sp³-hybridized carbons (Fsp3) is 0.846. The van der Waals surface area contributed by atoms with Crippen molar-refractivity contribution in [2.75, 3.05) is 13.2 Å². The van der Waals surface area contributed by atoms with Gasteiger partial charge in [0.15, 0.2) is 0 Å². The van der Waals surface area contributed by atoms with Crippen molar-refractivity contribution in [1.29, 1.82) is 0 Å². The van der Waals surface area contributed by atoms with Gasteiger partial charge < -0.3 is 4.74 Å². The van der Waals surface area contributed by atoms with Crippen LogP contribution in [0.2, 0.25) is 0 Å². The van der Waals surface area contributed by atoms with Crippen molar-refractivity contribution >= 4 is 11.8 Å². The normalized spacial score (nSPS) is 23.1. The Morgan fingerprint density at radius 3 is 2.71 bits per heavy atom. The Kier molecular flexibility index (Phi) is 5.62. The molecule has 0 bridgehead atoms. The molecule has 0 amide bonds. The van der Waals surface area contributed by atoms with Gasteiger partial charge in [0.1, 0.15) is 11.8 Å². The highest BCUT2D eigenvalue weighted by atomic mass is 16.5. The largest absolute Gasteiger partial charge is 0.465 e. The van der Waals surface area contributed by atoms with Crippen molar-refractivity contribution in [3.8, 4) is 0 Å². The summed E-state index contributed by atoms with van der Waals surface area (Å²) >= 11 is 0. The van der Waals surface area contributed by atoms with Crippen LogP contribution < -0.4 is 0 Å². The van der Waals surface area contributed by atoms with Crippen molar-refractivity contribution in [3.63, 3.8) is 0 Å². The van der Waals surface area contributed by atoms with E-state index in [9.17, 15) is 9.59 Å². The maximum absolute atomic E-state index is 11.7. The molecule has 1 rings (SSSR count). The van der Waals surface area contributed by atoms with Crippen molar-refractivity contribution < 1.29 is 14.3 Å². The first-order valence-electron chi connectivity index (χ1n) is 6.48. The van der Waals surface area contributed by atoms with Gasteiger partial charge in [-0.2, -0.15) is 0 Å². The van der Waals surface area contributed by atoms with Gasteiger partial charge in [-0.05, 0) is 40.2 Å². The van der Waals surface area contributed by atoms with Gasteiger partial charge in [0, 0.05) is 12.5 Å². The molecule has 2 atom stereocenters. The van der Waals surface area contributed by atoms with Crippen LogP contribution in [0, 0.1) is 0 Å². The van der Waals surface area contributed by atoms with E-state index in [0.29, 0.717) is 13.0 Å². The maximum Gasteiger partial charge on any atom is 0.323 e. The minimum Gasteiger partial charge on any atom is -0.465 e. The van der Waals surface area contributed by atoms with E-state index in [2.05, 4.69) is 4.90 Å². The second kappa shape index (κ2) is 6.74. The molecule has 1 fully saturated rings. The molecule has 0 saturated carbocycles. The molecule has 4 heteroatoms. The number of likely N-dealkylation sites (tertiary alicyclic amines) is 1. The van der Waals surface area contributed by atoms with E-state index in [-0.39, 0.29) is 23.8 Å². The van der Waals surface area contributed by atoms with Gasteiger partial charge >= 0.3 is 5.97 Å². The molecule has 0 aromatic rings. The number of esters is 1. The third-order valence-corrected chi connectivity index (χ3v) is 3.32. The van der Waals surface area contributed by atoms with Crippen molar-refractivity contribution in [3.05, 3.63) is 0 Å². The molecule has 17 heavy (non-hydrogen) atoms. The third-order valence-electron chi connectivity index (χ3n) is 3.32. The van der Waals surface area contributed by atoms with Crippen LogP contribution >= 0.6 is 0 Å². The molecule has 4 nitrogen and oxygen atoms in total. The number of piperidine rings is 1. The lowest BCUT2D eigenvalue weighted by molar-refractivity contribution is -0.151. The number of rotatable bonds is 5. The first kappa shape index (κ1) is 14.2. The van der Waals surface area contributed by atoms with Crippen molar-refractivity contribution in [2.24, 2.45) is 0 Å². The Bertz CT molecular complexity index is 278. The Hall–Kier alpha value is -0.900. The zero-order chi connectivity index (χ0) is 12.8. The Balaban J connectivity index is 2.63. The SMILES string of the molecule is CCOC(=O)C(C)N1CCCCC1CC(C)=O. The van der Waals surface area contributed by atoms with Gasteiger partial charge in [-0.15, -0.1) is 0 Å². The summed E-state index contributed by atoms with van der Waals surface area (Å²) in [6, 6.07) is -0.0275.